The number of carbonyl (C=O) groups excluding carboxylic acids is 6. The number of hydrogen-bond acceptors (Lipinski definition) is 9. The van der Waals surface area contributed by atoms with Crippen LogP contribution in [-0.2, 0) is 42.3 Å². The SMILES string of the molecule is O=C1CC[C@@H](C(=O)OP(OC(=O)[C@@H]2CCC(=O)N2)OC(=O)[C@@H]2CCC(=O)N2)N1. The fraction of sp³-hybridized carbons (Fsp3) is 0.600. The summed E-state index contributed by atoms with van der Waals surface area (Å²) in [6.45, 7) is 0. The zero-order valence-electron chi connectivity index (χ0n) is 14.6. The summed E-state index contributed by atoms with van der Waals surface area (Å²) in [6.07, 6.45) is 0.999. The van der Waals surface area contributed by atoms with Gasteiger partial charge < -0.3 is 29.5 Å². The van der Waals surface area contributed by atoms with E-state index < -0.39 is 44.6 Å². The van der Waals surface area contributed by atoms with Crippen LogP contribution in [-0.4, -0.2) is 53.8 Å². The lowest BCUT2D eigenvalue weighted by Crippen LogP contribution is -2.37. The third-order valence-corrected chi connectivity index (χ3v) is 5.32. The number of amides is 3. The summed E-state index contributed by atoms with van der Waals surface area (Å²) >= 11 is 0. The minimum absolute atomic E-state index is 0.138. The van der Waals surface area contributed by atoms with Crippen LogP contribution >= 0.6 is 8.60 Å². The molecule has 3 rings (SSSR count). The van der Waals surface area contributed by atoms with Gasteiger partial charge in [0.15, 0.2) is 0 Å². The van der Waals surface area contributed by atoms with Crippen LogP contribution < -0.4 is 16.0 Å². The lowest BCUT2D eigenvalue weighted by atomic mass is 10.2. The summed E-state index contributed by atoms with van der Waals surface area (Å²) in [5, 5.41) is 7.17. The topological polar surface area (TPSA) is 166 Å². The Morgan fingerprint density at radius 1 is 0.643 bits per heavy atom. The Morgan fingerprint density at radius 2 is 0.929 bits per heavy atom. The Hall–Kier alpha value is -2.75. The Kier molecular flexibility index (Phi) is 6.08. The molecule has 0 saturated carbocycles. The first-order valence-corrected chi connectivity index (χ1v) is 9.75. The summed E-state index contributed by atoms with van der Waals surface area (Å²) in [6, 6.07) is -2.81. The van der Waals surface area contributed by atoms with Gasteiger partial charge in [0, 0.05) is 19.3 Å². The molecule has 3 N–H and O–H groups in total. The third kappa shape index (κ3) is 4.94. The lowest BCUT2D eigenvalue weighted by Gasteiger charge is -2.19. The average molecular weight is 415 g/mol. The second kappa shape index (κ2) is 8.51. The fourth-order valence-corrected chi connectivity index (χ4v) is 3.77. The minimum Gasteiger partial charge on any atom is -0.373 e. The van der Waals surface area contributed by atoms with Crippen molar-refractivity contribution in [2.45, 2.75) is 56.7 Å². The summed E-state index contributed by atoms with van der Waals surface area (Å²) in [7, 11) is -2.77. The highest BCUT2D eigenvalue weighted by molar-refractivity contribution is 7.43. The number of rotatable bonds is 6. The van der Waals surface area contributed by atoms with E-state index in [9.17, 15) is 28.8 Å². The van der Waals surface area contributed by atoms with Gasteiger partial charge in [-0.15, -0.1) is 0 Å². The molecule has 0 unspecified atom stereocenters. The lowest BCUT2D eigenvalue weighted by molar-refractivity contribution is -0.146. The molecular weight excluding hydrogens is 397 g/mol. The monoisotopic (exact) mass is 415 g/mol. The Balaban J connectivity index is 1.62. The van der Waals surface area contributed by atoms with E-state index in [1.165, 1.54) is 0 Å². The van der Waals surface area contributed by atoms with E-state index in [0.717, 1.165) is 0 Å². The van der Waals surface area contributed by atoms with E-state index in [1.54, 1.807) is 0 Å². The predicted molar refractivity (Wildman–Crippen MR) is 88.7 cm³/mol. The molecule has 28 heavy (non-hydrogen) atoms. The van der Waals surface area contributed by atoms with Gasteiger partial charge in [-0.25, -0.2) is 14.4 Å². The van der Waals surface area contributed by atoms with Crippen molar-refractivity contribution in [1.82, 2.24) is 16.0 Å². The number of hydrogen-bond donors (Lipinski definition) is 3. The second-order valence-corrected chi connectivity index (χ2v) is 7.43. The second-order valence-electron chi connectivity index (χ2n) is 6.43. The van der Waals surface area contributed by atoms with Crippen LogP contribution in [0.3, 0.4) is 0 Å². The van der Waals surface area contributed by atoms with E-state index in [4.69, 9.17) is 13.6 Å². The molecule has 0 bridgehead atoms. The van der Waals surface area contributed by atoms with Gasteiger partial charge in [-0.1, -0.05) is 0 Å². The van der Waals surface area contributed by atoms with E-state index in [0.29, 0.717) is 0 Å². The standard InChI is InChI=1S/C15H18N3O9P/c19-10-4-1-7(16-10)13(22)25-28(26-14(23)8-2-5-11(20)17-8)27-15(24)9-3-6-12(21)18-9/h7-9H,1-6H2,(H,16,19)(H,17,20)(H,18,21)/t7-,8-,9-/m0/s1. The van der Waals surface area contributed by atoms with Crippen LogP contribution in [0.15, 0.2) is 0 Å². The first kappa shape index (κ1) is 20.0. The Bertz CT molecular complexity index is 632. The molecule has 3 amide bonds. The molecule has 3 fully saturated rings. The van der Waals surface area contributed by atoms with Crippen LogP contribution in [0, 0.1) is 0 Å². The normalized spacial score (nSPS) is 26.5. The van der Waals surface area contributed by atoms with Crippen LogP contribution in [0.5, 0.6) is 0 Å². The van der Waals surface area contributed by atoms with Crippen molar-refractivity contribution in [2.24, 2.45) is 0 Å². The highest BCUT2D eigenvalue weighted by atomic mass is 31.2. The summed E-state index contributed by atoms with van der Waals surface area (Å²) in [4.78, 5) is 70.2. The zero-order valence-corrected chi connectivity index (χ0v) is 15.5. The highest BCUT2D eigenvalue weighted by Gasteiger charge is 2.39. The molecule has 0 radical (unpaired) electrons. The van der Waals surface area contributed by atoms with Crippen molar-refractivity contribution in [2.75, 3.05) is 0 Å². The van der Waals surface area contributed by atoms with Crippen LogP contribution in [0.2, 0.25) is 0 Å². The van der Waals surface area contributed by atoms with E-state index in [1.807, 2.05) is 0 Å². The molecule has 0 aromatic rings. The van der Waals surface area contributed by atoms with Crippen LogP contribution in [0.1, 0.15) is 38.5 Å². The molecule has 3 heterocycles. The molecule has 0 aliphatic carbocycles. The van der Waals surface area contributed by atoms with Crippen molar-refractivity contribution >= 4 is 44.2 Å². The summed E-state index contributed by atoms with van der Waals surface area (Å²) in [5.41, 5.74) is 0. The van der Waals surface area contributed by atoms with Crippen molar-refractivity contribution < 1.29 is 42.3 Å². The van der Waals surface area contributed by atoms with Gasteiger partial charge in [-0.05, 0) is 19.3 Å². The first-order chi connectivity index (χ1) is 13.3. The van der Waals surface area contributed by atoms with E-state index >= 15 is 0 Å². The summed E-state index contributed by atoms with van der Waals surface area (Å²) in [5.74, 6) is -3.73. The van der Waals surface area contributed by atoms with Gasteiger partial charge in [-0.3, -0.25) is 14.4 Å². The quantitative estimate of drug-likeness (QED) is 0.446. The van der Waals surface area contributed by atoms with Crippen LogP contribution in [0.25, 0.3) is 0 Å². The van der Waals surface area contributed by atoms with Gasteiger partial charge in [0.25, 0.3) is 0 Å². The molecule has 0 aromatic carbocycles. The average Bonchev–Trinajstić information content (AvgIpc) is 3.36. The predicted octanol–water partition coefficient (Wildman–Crippen LogP) is -1.32. The van der Waals surface area contributed by atoms with Crippen molar-refractivity contribution in [3.63, 3.8) is 0 Å². The largest absolute Gasteiger partial charge is 0.537 e. The first-order valence-electron chi connectivity index (χ1n) is 8.65. The van der Waals surface area contributed by atoms with E-state index in [-0.39, 0.29) is 56.2 Å². The minimum atomic E-state index is -2.77. The molecule has 13 heteroatoms. The number of nitrogens with one attached hydrogen (secondary N) is 3. The molecule has 12 nitrogen and oxygen atoms in total. The fourth-order valence-electron chi connectivity index (χ4n) is 2.84. The van der Waals surface area contributed by atoms with Gasteiger partial charge in [0.1, 0.15) is 18.1 Å². The molecule has 3 atom stereocenters. The number of carbonyl (C=O) groups is 6. The maximum absolute atomic E-state index is 12.2. The van der Waals surface area contributed by atoms with Crippen molar-refractivity contribution in [1.29, 1.82) is 0 Å². The van der Waals surface area contributed by atoms with Gasteiger partial charge >= 0.3 is 26.5 Å². The Morgan fingerprint density at radius 3 is 1.14 bits per heavy atom. The molecule has 3 aliphatic heterocycles. The molecule has 0 spiro atoms. The van der Waals surface area contributed by atoms with Crippen molar-refractivity contribution in [3.05, 3.63) is 0 Å². The molecule has 0 aromatic heterocycles. The van der Waals surface area contributed by atoms with Crippen molar-refractivity contribution in [3.8, 4) is 0 Å². The maximum atomic E-state index is 12.2. The zero-order chi connectivity index (χ0) is 20.3. The maximum Gasteiger partial charge on any atom is 0.537 e. The van der Waals surface area contributed by atoms with E-state index in [2.05, 4.69) is 16.0 Å². The third-order valence-electron chi connectivity index (χ3n) is 4.33. The van der Waals surface area contributed by atoms with Crippen LogP contribution in [0.4, 0.5) is 0 Å². The molecule has 3 saturated heterocycles. The molecular formula is C15H18N3O9P. The molecule has 3 aliphatic rings. The van der Waals surface area contributed by atoms with Gasteiger partial charge in [0.2, 0.25) is 17.7 Å². The smallest absolute Gasteiger partial charge is 0.373 e. The molecule has 152 valence electrons. The highest BCUT2D eigenvalue weighted by Crippen LogP contribution is 2.42. The summed E-state index contributed by atoms with van der Waals surface area (Å²) < 4.78 is 15.0. The van der Waals surface area contributed by atoms with Gasteiger partial charge in [0.05, 0.1) is 0 Å². The Labute approximate surface area is 160 Å². The van der Waals surface area contributed by atoms with Gasteiger partial charge in [-0.2, -0.15) is 0 Å².